The first-order chi connectivity index (χ1) is 13.1. The summed E-state index contributed by atoms with van der Waals surface area (Å²) in [4.78, 5) is 35.7. The number of benzene rings is 2. The van der Waals surface area contributed by atoms with Crippen LogP contribution in [0.3, 0.4) is 0 Å². The summed E-state index contributed by atoms with van der Waals surface area (Å²) >= 11 is 0. The molecule has 0 fully saturated rings. The van der Waals surface area contributed by atoms with Crippen molar-refractivity contribution in [1.82, 2.24) is 5.32 Å². The number of hydrogen-bond donors (Lipinski definition) is 2. The maximum Gasteiger partial charge on any atom is 0.416 e. The summed E-state index contributed by atoms with van der Waals surface area (Å²) in [6, 6.07) is 8.81. The van der Waals surface area contributed by atoms with Gasteiger partial charge in [-0.1, -0.05) is 24.3 Å². The zero-order valence-corrected chi connectivity index (χ0v) is 14.7. The number of ether oxygens (including phenoxy) is 1. The molecule has 0 spiro atoms. The van der Waals surface area contributed by atoms with Crippen LogP contribution in [-0.2, 0) is 22.1 Å². The van der Waals surface area contributed by atoms with E-state index in [4.69, 9.17) is 5.73 Å². The van der Waals surface area contributed by atoms with Crippen LogP contribution in [0.15, 0.2) is 48.5 Å². The molecule has 0 bridgehead atoms. The summed E-state index contributed by atoms with van der Waals surface area (Å²) in [6.45, 7) is 0. The number of rotatable bonds is 6. The fourth-order valence-electron chi connectivity index (χ4n) is 2.56. The molecule has 0 saturated heterocycles. The lowest BCUT2D eigenvalue weighted by Crippen LogP contribution is -2.46. The van der Waals surface area contributed by atoms with Gasteiger partial charge in [0.15, 0.2) is 0 Å². The van der Waals surface area contributed by atoms with E-state index in [-0.39, 0.29) is 16.7 Å². The fraction of sp³-hybridized carbons (Fsp3) is 0.211. The van der Waals surface area contributed by atoms with Gasteiger partial charge >= 0.3 is 12.1 Å². The highest BCUT2D eigenvalue weighted by Gasteiger charge is 2.34. The molecule has 0 aromatic heterocycles. The normalized spacial score (nSPS) is 12.1. The van der Waals surface area contributed by atoms with Crippen molar-refractivity contribution in [1.29, 1.82) is 0 Å². The summed E-state index contributed by atoms with van der Waals surface area (Å²) in [5.41, 5.74) is 4.30. The molecule has 0 unspecified atom stereocenters. The SMILES string of the molecule is COC(=O)c1cccc(C(=O)N[C@@H](Cc2ccccc2C(F)(F)F)C(N)=O)c1. The minimum atomic E-state index is -4.61. The molecule has 3 N–H and O–H groups in total. The van der Waals surface area contributed by atoms with E-state index in [1.165, 1.54) is 49.6 Å². The van der Waals surface area contributed by atoms with E-state index < -0.39 is 42.0 Å². The van der Waals surface area contributed by atoms with Crippen LogP contribution in [-0.4, -0.2) is 30.9 Å². The first kappa shape index (κ1) is 20.9. The second-order valence-electron chi connectivity index (χ2n) is 5.86. The number of esters is 1. The molecular weight excluding hydrogens is 377 g/mol. The Labute approximate surface area is 158 Å². The third-order valence-electron chi connectivity index (χ3n) is 3.94. The molecular formula is C19H17F3N2O4. The Hall–Kier alpha value is -3.36. The van der Waals surface area contributed by atoms with Gasteiger partial charge in [-0.25, -0.2) is 4.79 Å². The van der Waals surface area contributed by atoms with Gasteiger partial charge in [-0.2, -0.15) is 13.2 Å². The first-order valence-electron chi connectivity index (χ1n) is 8.07. The van der Waals surface area contributed by atoms with Crippen molar-refractivity contribution >= 4 is 17.8 Å². The van der Waals surface area contributed by atoms with Crippen molar-refractivity contribution < 1.29 is 32.3 Å². The molecule has 6 nitrogen and oxygen atoms in total. The van der Waals surface area contributed by atoms with Crippen molar-refractivity contribution in [2.75, 3.05) is 7.11 Å². The lowest BCUT2D eigenvalue weighted by molar-refractivity contribution is -0.138. The number of carbonyl (C=O) groups is 3. The third-order valence-corrected chi connectivity index (χ3v) is 3.94. The second kappa shape index (κ2) is 8.55. The lowest BCUT2D eigenvalue weighted by Gasteiger charge is -2.19. The number of nitrogens with one attached hydrogen (secondary N) is 1. The van der Waals surface area contributed by atoms with Crippen LogP contribution in [0, 0.1) is 0 Å². The average molecular weight is 394 g/mol. The third kappa shape index (κ3) is 5.09. The molecule has 2 rings (SSSR count). The Bertz CT molecular complexity index is 897. The highest BCUT2D eigenvalue weighted by molar-refractivity contribution is 5.99. The highest BCUT2D eigenvalue weighted by atomic mass is 19.4. The molecule has 2 aromatic rings. The molecule has 0 radical (unpaired) electrons. The molecule has 2 aromatic carbocycles. The number of primary amides is 1. The lowest BCUT2D eigenvalue weighted by atomic mass is 9.99. The number of alkyl halides is 3. The summed E-state index contributed by atoms with van der Waals surface area (Å²) < 4.78 is 44.0. The maximum absolute atomic E-state index is 13.1. The van der Waals surface area contributed by atoms with E-state index >= 15 is 0 Å². The van der Waals surface area contributed by atoms with Gasteiger partial charge in [0.2, 0.25) is 5.91 Å². The number of halogens is 3. The summed E-state index contributed by atoms with van der Waals surface area (Å²) in [6.07, 6.45) is -5.05. The summed E-state index contributed by atoms with van der Waals surface area (Å²) in [7, 11) is 1.18. The van der Waals surface area contributed by atoms with Crippen LogP contribution in [0.5, 0.6) is 0 Å². The predicted molar refractivity (Wildman–Crippen MR) is 93.4 cm³/mol. The van der Waals surface area contributed by atoms with Gasteiger partial charge < -0.3 is 15.8 Å². The van der Waals surface area contributed by atoms with E-state index in [1.807, 2.05) is 0 Å². The minimum absolute atomic E-state index is 0.0262. The monoisotopic (exact) mass is 394 g/mol. The topological polar surface area (TPSA) is 98.5 Å². The zero-order valence-electron chi connectivity index (χ0n) is 14.7. The van der Waals surface area contributed by atoms with E-state index in [9.17, 15) is 27.6 Å². The summed E-state index contributed by atoms with van der Waals surface area (Å²) in [5.74, 6) is -2.42. The van der Waals surface area contributed by atoms with Crippen molar-refractivity contribution in [2.24, 2.45) is 5.73 Å². The van der Waals surface area contributed by atoms with Crippen LogP contribution in [0.4, 0.5) is 13.2 Å². The van der Waals surface area contributed by atoms with Gasteiger partial charge in [0.1, 0.15) is 6.04 Å². The number of carbonyl (C=O) groups excluding carboxylic acids is 3. The van der Waals surface area contributed by atoms with E-state index in [1.54, 1.807) is 0 Å². The molecule has 0 saturated carbocycles. The van der Waals surface area contributed by atoms with Crippen molar-refractivity contribution in [3.05, 3.63) is 70.8 Å². The fourth-order valence-corrected chi connectivity index (χ4v) is 2.56. The number of hydrogen-bond acceptors (Lipinski definition) is 4. The number of amides is 2. The first-order valence-corrected chi connectivity index (χ1v) is 8.07. The largest absolute Gasteiger partial charge is 0.465 e. The van der Waals surface area contributed by atoms with Gasteiger partial charge in [0, 0.05) is 12.0 Å². The molecule has 9 heteroatoms. The van der Waals surface area contributed by atoms with Gasteiger partial charge in [-0.15, -0.1) is 0 Å². The molecule has 0 aliphatic heterocycles. The Morgan fingerprint density at radius 1 is 1.07 bits per heavy atom. The van der Waals surface area contributed by atoms with Crippen molar-refractivity contribution in [3.8, 4) is 0 Å². The molecule has 1 atom stereocenters. The van der Waals surface area contributed by atoms with Gasteiger partial charge in [0.25, 0.3) is 5.91 Å². The quantitative estimate of drug-likeness (QED) is 0.735. The summed E-state index contributed by atoms with van der Waals surface area (Å²) in [5, 5.41) is 2.31. The molecule has 2 amide bonds. The van der Waals surface area contributed by atoms with Gasteiger partial charge in [0.05, 0.1) is 18.2 Å². The molecule has 148 valence electrons. The molecule has 0 aliphatic carbocycles. The van der Waals surface area contributed by atoms with Gasteiger partial charge in [-0.05, 0) is 29.8 Å². The van der Waals surface area contributed by atoms with E-state index in [0.29, 0.717) is 0 Å². The Kier molecular flexibility index (Phi) is 6.40. The number of methoxy groups -OCH3 is 1. The number of nitrogens with two attached hydrogens (primary N) is 1. The van der Waals surface area contributed by atoms with E-state index in [2.05, 4.69) is 10.1 Å². The van der Waals surface area contributed by atoms with Crippen LogP contribution in [0.1, 0.15) is 31.8 Å². The smallest absolute Gasteiger partial charge is 0.416 e. The predicted octanol–water partition coefficient (Wildman–Crippen LogP) is 2.32. The molecule has 0 aliphatic rings. The second-order valence-corrected chi connectivity index (χ2v) is 5.86. The Morgan fingerprint density at radius 2 is 1.71 bits per heavy atom. The Balaban J connectivity index is 2.24. The maximum atomic E-state index is 13.1. The van der Waals surface area contributed by atoms with E-state index in [0.717, 1.165) is 6.07 Å². The zero-order chi connectivity index (χ0) is 20.9. The standard InChI is InChI=1S/C19H17F3N2O4/c1-28-18(27)13-7-4-6-12(9-13)17(26)24-15(16(23)25)10-11-5-2-3-8-14(11)19(20,21)22/h2-9,15H,10H2,1H3,(H2,23,25)(H,24,26)/t15-/m0/s1. The van der Waals surface area contributed by atoms with Crippen LogP contribution >= 0.6 is 0 Å². The van der Waals surface area contributed by atoms with Crippen LogP contribution in [0.2, 0.25) is 0 Å². The minimum Gasteiger partial charge on any atom is -0.465 e. The molecule has 28 heavy (non-hydrogen) atoms. The van der Waals surface area contributed by atoms with Crippen molar-refractivity contribution in [2.45, 2.75) is 18.6 Å². The van der Waals surface area contributed by atoms with Crippen molar-refractivity contribution in [3.63, 3.8) is 0 Å². The average Bonchev–Trinajstić information content (AvgIpc) is 2.66. The highest BCUT2D eigenvalue weighted by Crippen LogP contribution is 2.32. The molecule has 0 heterocycles. The van der Waals surface area contributed by atoms with Gasteiger partial charge in [-0.3, -0.25) is 9.59 Å². The van der Waals surface area contributed by atoms with Crippen LogP contribution < -0.4 is 11.1 Å². The Morgan fingerprint density at radius 3 is 2.32 bits per heavy atom. The van der Waals surface area contributed by atoms with Crippen LogP contribution in [0.25, 0.3) is 0 Å².